The van der Waals surface area contributed by atoms with Gasteiger partial charge in [-0.3, -0.25) is 9.80 Å². The number of fused-ring (bicyclic) bond motifs is 3. The molecule has 2 aromatic heterocycles. The zero-order valence-corrected chi connectivity index (χ0v) is 25.0. The minimum Gasteiger partial charge on any atom is -0.294 e. The second-order valence-electron chi connectivity index (χ2n) is 11.4. The normalized spacial score (nSPS) is 11.5. The van der Waals surface area contributed by atoms with E-state index in [1.807, 2.05) is 36.7 Å². The SMILES string of the molecule is c1ccc(N(c2ccccn2)c2ccc3c4ccccc4c4c(N(c5ccccc5)c5ccccn5)ccc5ccc2c3c54)cc1. The molecular weight excluding hydrogens is 560 g/mol. The lowest BCUT2D eigenvalue weighted by atomic mass is 9.87. The molecule has 4 nitrogen and oxygen atoms in total. The molecular formula is C42H28N4. The summed E-state index contributed by atoms with van der Waals surface area (Å²) in [7, 11) is 0. The summed E-state index contributed by atoms with van der Waals surface area (Å²) in [5.74, 6) is 1.75. The molecule has 4 heteroatoms. The molecule has 0 aliphatic heterocycles. The molecule has 0 spiro atoms. The number of para-hydroxylation sites is 2. The predicted octanol–water partition coefficient (Wildman–Crippen LogP) is 11.5. The zero-order valence-electron chi connectivity index (χ0n) is 25.0. The van der Waals surface area contributed by atoms with E-state index in [0.717, 1.165) is 34.4 Å². The molecule has 0 atom stereocenters. The molecule has 7 aromatic carbocycles. The van der Waals surface area contributed by atoms with Crippen LogP contribution < -0.4 is 9.80 Å². The van der Waals surface area contributed by atoms with Crippen molar-refractivity contribution in [2.45, 2.75) is 0 Å². The Hall–Kier alpha value is -6.26. The van der Waals surface area contributed by atoms with Crippen molar-refractivity contribution in [3.63, 3.8) is 0 Å². The Morgan fingerprint density at radius 2 is 0.826 bits per heavy atom. The fourth-order valence-corrected chi connectivity index (χ4v) is 6.97. The monoisotopic (exact) mass is 588 g/mol. The first kappa shape index (κ1) is 26.2. The molecule has 9 rings (SSSR count). The van der Waals surface area contributed by atoms with Crippen molar-refractivity contribution >= 4 is 77.5 Å². The van der Waals surface area contributed by atoms with E-state index >= 15 is 0 Å². The Morgan fingerprint density at radius 1 is 0.326 bits per heavy atom. The van der Waals surface area contributed by atoms with Crippen molar-refractivity contribution in [1.29, 1.82) is 0 Å². The fraction of sp³-hybridized carbons (Fsp3) is 0. The van der Waals surface area contributed by atoms with Crippen LogP contribution in [0.4, 0.5) is 34.4 Å². The first-order chi connectivity index (χ1) is 22.9. The van der Waals surface area contributed by atoms with Gasteiger partial charge in [0.25, 0.3) is 0 Å². The fourth-order valence-electron chi connectivity index (χ4n) is 6.97. The molecule has 0 fully saturated rings. The van der Waals surface area contributed by atoms with E-state index < -0.39 is 0 Å². The highest BCUT2D eigenvalue weighted by molar-refractivity contribution is 6.37. The first-order valence-electron chi connectivity index (χ1n) is 15.5. The lowest BCUT2D eigenvalue weighted by molar-refractivity contribution is 1.19. The third-order valence-corrected chi connectivity index (χ3v) is 8.87. The lowest BCUT2D eigenvalue weighted by Gasteiger charge is -2.29. The summed E-state index contributed by atoms with van der Waals surface area (Å²) in [5.41, 5.74) is 4.31. The van der Waals surface area contributed by atoms with Crippen LogP contribution in [0.1, 0.15) is 0 Å². The molecule has 0 unspecified atom stereocenters. The van der Waals surface area contributed by atoms with Crippen LogP contribution in [-0.4, -0.2) is 9.97 Å². The molecule has 0 N–H and O–H groups in total. The van der Waals surface area contributed by atoms with E-state index in [4.69, 9.17) is 9.97 Å². The molecule has 0 aliphatic rings. The van der Waals surface area contributed by atoms with E-state index in [1.54, 1.807) is 0 Å². The molecule has 0 aliphatic carbocycles. The summed E-state index contributed by atoms with van der Waals surface area (Å²) in [6.07, 6.45) is 3.72. The molecule has 216 valence electrons. The van der Waals surface area contributed by atoms with Gasteiger partial charge < -0.3 is 0 Å². The summed E-state index contributed by atoms with van der Waals surface area (Å²) in [4.78, 5) is 14.2. The van der Waals surface area contributed by atoms with E-state index in [9.17, 15) is 0 Å². The number of anilines is 6. The van der Waals surface area contributed by atoms with E-state index in [-0.39, 0.29) is 0 Å². The number of pyridine rings is 2. The Labute approximate surface area is 266 Å². The van der Waals surface area contributed by atoms with E-state index in [1.165, 1.54) is 43.1 Å². The molecule has 9 aromatic rings. The summed E-state index contributed by atoms with van der Waals surface area (Å²) in [6, 6.07) is 55.6. The smallest absolute Gasteiger partial charge is 0.137 e. The van der Waals surface area contributed by atoms with Gasteiger partial charge in [0.05, 0.1) is 11.4 Å². The third-order valence-electron chi connectivity index (χ3n) is 8.87. The maximum absolute atomic E-state index is 4.84. The Bertz CT molecular complexity index is 2380. The maximum Gasteiger partial charge on any atom is 0.137 e. The van der Waals surface area contributed by atoms with Crippen LogP contribution in [0.25, 0.3) is 43.1 Å². The highest BCUT2D eigenvalue weighted by Crippen LogP contribution is 2.50. The van der Waals surface area contributed by atoms with Crippen molar-refractivity contribution in [3.8, 4) is 0 Å². The number of aromatic nitrogens is 2. The van der Waals surface area contributed by atoms with Crippen molar-refractivity contribution in [1.82, 2.24) is 9.97 Å². The number of hydrogen-bond acceptors (Lipinski definition) is 4. The van der Waals surface area contributed by atoms with Crippen LogP contribution >= 0.6 is 0 Å². The highest BCUT2D eigenvalue weighted by atomic mass is 15.2. The van der Waals surface area contributed by atoms with Gasteiger partial charge in [0.2, 0.25) is 0 Å². The predicted molar refractivity (Wildman–Crippen MR) is 193 cm³/mol. The molecule has 0 bridgehead atoms. The summed E-state index contributed by atoms with van der Waals surface area (Å²) >= 11 is 0. The first-order valence-corrected chi connectivity index (χ1v) is 15.5. The Kier molecular flexibility index (Phi) is 6.10. The van der Waals surface area contributed by atoms with Gasteiger partial charge in [-0.15, -0.1) is 0 Å². The summed E-state index contributed by atoms with van der Waals surface area (Å²) in [6.45, 7) is 0. The topological polar surface area (TPSA) is 32.3 Å². The lowest BCUT2D eigenvalue weighted by Crippen LogP contribution is -2.13. The van der Waals surface area contributed by atoms with Gasteiger partial charge in [0.1, 0.15) is 11.6 Å². The minimum absolute atomic E-state index is 0.874. The number of rotatable bonds is 6. The maximum atomic E-state index is 4.84. The van der Waals surface area contributed by atoms with Crippen LogP contribution in [0.3, 0.4) is 0 Å². The number of nitrogens with zero attached hydrogens (tertiary/aromatic N) is 4. The highest BCUT2D eigenvalue weighted by Gasteiger charge is 2.24. The molecule has 0 amide bonds. The van der Waals surface area contributed by atoms with E-state index in [0.29, 0.717) is 0 Å². The van der Waals surface area contributed by atoms with Gasteiger partial charge in [-0.25, -0.2) is 9.97 Å². The van der Waals surface area contributed by atoms with Crippen molar-refractivity contribution in [2.75, 3.05) is 9.80 Å². The Morgan fingerprint density at radius 3 is 1.46 bits per heavy atom. The van der Waals surface area contributed by atoms with Crippen LogP contribution in [0.2, 0.25) is 0 Å². The average molecular weight is 589 g/mol. The van der Waals surface area contributed by atoms with Crippen LogP contribution in [0, 0.1) is 0 Å². The van der Waals surface area contributed by atoms with Crippen LogP contribution in [0.5, 0.6) is 0 Å². The largest absolute Gasteiger partial charge is 0.294 e. The molecule has 0 radical (unpaired) electrons. The van der Waals surface area contributed by atoms with Gasteiger partial charge in [-0.05, 0) is 82.2 Å². The Balaban J connectivity index is 1.42. The van der Waals surface area contributed by atoms with Crippen molar-refractivity contribution in [3.05, 3.63) is 170 Å². The second kappa shape index (κ2) is 10.7. The quantitative estimate of drug-likeness (QED) is 0.143. The van der Waals surface area contributed by atoms with Gasteiger partial charge >= 0.3 is 0 Å². The van der Waals surface area contributed by atoms with Gasteiger partial charge in [-0.1, -0.05) is 97.1 Å². The van der Waals surface area contributed by atoms with E-state index in [2.05, 4.69) is 143 Å². The number of benzene rings is 7. The second-order valence-corrected chi connectivity index (χ2v) is 11.4. The molecule has 0 saturated carbocycles. The van der Waals surface area contributed by atoms with Crippen molar-refractivity contribution < 1.29 is 0 Å². The van der Waals surface area contributed by atoms with Crippen LogP contribution in [-0.2, 0) is 0 Å². The number of hydrogen-bond donors (Lipinski definition) is 0. The average Bonchev–Trinajstić information content (AvgIpc) is 3.13. The van der Waals surface area contributed by atoms with Gasteiger partial charge in [-0.2, -0.15) is 0 Å². The zero-order chi connectivity index (χ0) is 30.5. The summed E-state index contributed by atoms with van der Waals surface area (Å²) in [5, 5.41) is 9.77. The van der Waals surface area contributed by atoms with Crippen LogP contribution in [0.15, 0.2) is 170 Å². The minimum atomic E-state index is 0.874. The molecule has 0 saturated heterocycles. The molecule has 2 heterocycles. The summed E-state index contributed by atoms with van der Waals surface area (Å²) < 4.78 is 0. The third kappa shape index (κ3) is 4.08. The standard InChI is InChI=1S/C42H28N4/c1-3-13-30(14-4-1)45(38-19-9-11-27-43-38)36-26-24-34-32-17-7-8-18-33(32)42-37(25-22-29-21-23-35(36)41(34)40(29)42)46(31-15-5-2-6-16-31)39-20-10-12-28-44-39/h1-28H. The van der Waals surface area contributed by atoms with Gasteiger partial charge in [0.15, 0.2) is 0 Å². The van der Waals surface area contributed by atoms with Gasteiger partial charge in [0, 0.05) is 45.3 Å². The van der Waals surface area contributed by atoms with Crippen molar-refractivity contribution in [2.24, 2.45) is 0 Å². The molecule has 46 heavy (non-hydrogen) atoms.